The van der Waals surface area contributed by atoms with Crippen LogP contribution in [0.25, 0.3) is 0 Å². The zero-order valence-corrected chi connectivity index (χ0v) is 11.8. The lowest BCUT2D eigenvalue weighted by molar-refractivity contribution is 0.100. The van der Waals surface area contributed by atoms with E-state index in [9.17, 15) is 4.79 Å². The quantitative estimate of drug-likeness (QED) is 0.744. The monoisotopic (exact) mass is 281 g/mol. The van der Waals surface area contributed by atoms with Gasteiger partial charge in [-0.2, -0.15) is 0 Å². The van der Waals surface area contributed by atoms with Gasteiger partial charge in [0.25, 0.3) is 5.91 Å². The van der Waals surface area contributed by atoms with Crippen molar-refractivity contribution in [1.82, 2.24) is 0 Å². The Bertz CT molecular complexity index is 518. The van der Waals surface area contributed by atoms with Crippen molar-refractivity contribution < 1.29 is 9.53 Å². The molecule has 104 valence electrons. The Kier molecular flexibility index (Phi) is 2.85. The maximum atomic E-state index is 11.3. The number of nitrogens with two attached hydrogens (primary N) is 2. The van der Waals surface area contributed by atoms with E-state index in [4.69, 9.17) is 16.2 Å². The lowest BCUT2D eigenvalue weighted by atomic mass is 10.0. The van der Waals surface area contributed by atoms with E-state index in [-0.39, 0.29) is 0 Å². The van der Waals surface area contributed by atoms with E-state index in [1.807, 2.05) is 0 Å². The molecule has 1 aromatic rings. The first-order valence-corrected chi connectivity index (χ1v) is 7.39. The van der Waals surface area contributed by atoms with Crippen LogP contribution in [0.1, 0.15) is 35.4 Å². The third-order valence-corrected chi connectivity index (χ3v) is 5.42. The fourth-order valence-electron chi connectivity index (χ4n) is 2.77. The molecule has 5 nitrogen and oxygen atoms in total. The Morgan fingerprint density at radius 1 is 1.53 bits per heavy atom. The van der Waals surface area contributed by atoms with Crippen LogP contribution in [0.5, 0.6) is 5.75 Å². The summed E-state index contributed by atoms with van der Waals surface area (Å²) < 4.78 is 5.28. The minimum atomic E-state index is -0.503. The van der Waals surface area contributed by atoms with Crippen LogP contribution in [0, 0.1) is 11.3 Å². The topological polar surface area (TPSA) is 90.4 Å². The van der Waals surface area contributed by atoms with Crippen LogP contribution >= 0.6 is 11.3 Å². The van der Waals surface area contributed by atoms with Gasteiger partial charge in [0.1, 0.15) is 15.6 Å². The molecule has 6 heteroatoms. The Morgan fingerprint density at radius 2 is 2.21 bits per heavy atom. The van der Waals surface area contributed by atoms with Gasteiger partial charge in [-0.15, -0.1) is 11.3 Å². The number of ether oxygens (including phenoxy) is 1. The highest BCUT2D eigenvalue weighted by Gasteiger charge is 2.53. The Balaban J connectivity index is 1.76. The predicted molar refractivity (Wildman–Crippen MR) is 76.7 cm³/mol. The van der Waals surface area contributed by atoms with Crippen molar-refractivity contribution in [1.29, 1.82) is 0 Å². The van der Waals surface area contributed by atoms with Gasteiger partial charge in [0.05, 0.1) is 7.11 Å². The minimum Gasteiger partial charge on any atom is -0.492 e. The molecule has 1 aromatic heterocycles. The highest BCUT2D eigenvalue weighted by atomic mass is 32.1. The number of rotatable bonds is 6. The van der Waals surface area contributed by atoms with Gasteiger partial charge in [-0.25, -0.2) is 0 Å². The zero-order chi connectivity index (χ0) is 13.6. The van der Waals surface area contributed by atoms with Crippen LogP contribution in [-0.4, -0.2) is 19.6 Å². The number of nitrogens with one attached hydrogen (secondary N) is 1. The molecule has 2 saturated carbocycles. The van der Waals surface area contributed by atoms with E-state index < -0.39 is 5.91 Å². The highest BCUT2D eigenvalue weighted by Crippen LogP contribution is 2.61. The summed E-state index contributed by atoms with van der Waals surface area (Å²) in [7, 11) is 1.56. The first kappa shape index (κ1) is 12.6. The van der Waals surface area contributed by atoms with Crippen molar-refractivity contribution in [2.45, 2.75) is 25.7 Å². The van der Waals surface area contributed by atoms with Gasteiger partial charge in [-0.1, -0.05) is 0 Å². The summed E-state index contributed by atoms with van der Waals surface area (Å²) in [6, 6.07) is 0. The third kappa shape index (κ3) is 2.14. The van der Waals surface area contributed by atoms with Crippen molar-refractivity contribution in [3.8, 4) is 5.75 Å². The Labute approximate surface area is 116 Å². The number of hydrogen-bond acceptors (Lipinski definition) is 5. The third-order valence-electron chi connectivity index (χ3n) is 4.26. The van der Waals surface area contributed by atoms with Crippen LogP contribution in [0.2, 0.25) is 0 Å². The number of methoxy groups -OCH3 is 1. The fraction of sp³-hybridized carbons (Fsp3) is 0.615. The highest BCUT2D eigenvalue weighted by molar-refractivity contribution is 7.19. The largest absolute Gasteiger partial charge is 0.492 e. The number of thiophene rings is 1. The molecule has 19 heavy (non-hydrogen) atoms. The first-order chi connectivity index (χ1) is 9.07. The molecule has 2 fully saturated rings. The maximum absolute atomic E-state index is 11.3. The molecule has 0 saturated heterocycles. The van der Waals surface area contributed by atoms with E-state index in [0.29, 0.717) is 21.7 Å². The molecular formula is C13H19N3O2S. The van der Waals surface area contributed by atoms with Crippen molar-refractivity contribution >= 4 is 27.9 Å². The number of anilines is 2. The number of amides is 1. The Morgan fingerprint density at radius 3 is 2.68 bits per heavy atom. The average molecular weight is 281 g/mol. The summed E-state index contributed by atoms with van der Waals surface area (Å²) >= 11 is 1.28. The van der Waals surface area contributed by atoms with Crippen LogP contribution in [0.4, 0.5) is 10.7 Å². The molecule has 0 radical (unpaired) electrons. The summed E-state index contributed by atoms with van der Waals surface area (Å²) in [5, 5.41) is 4.23. The average Bonchev–Trinajstić information content (AvgIpc) is 3.24. The number of nitrogen functional groups attached to an aromatic ring is 1. The van der Waals surface area contributed by atoms with Crippen molar-refractivity contribution in [3.05, 3.63) is 4.88 Å². The molecule has 0 bridgehead atoms. The molecule has 2 aliphatic carbocycles. The standard InChI is InChI=1S/C13H19N3O2S/c1-18-9-8(14)10(11(15)17)19-12(9)16-6-13(4-5-13)7-2-3-7/h7,16H,2-6,14H2,1H3,(H2,15,17). The van der Waals surface area contributed by atoms with Crippen LogP contribution in [-0.2, 0) is 0 Å². The molecule has 0 unspecified atom stereocenters. The number of hydrogen-bond donors (Lipinski definition) is 3. The molecule has 1 amide bonds. The smallest absolute Gasteiger partial charge is 0.261 e. The lowest BCUT2D eigenvalue weighted by Crippen LogP contribution is -2.17. The maximum Gasteiger partial charge on any atom is 0.261 e. The predicted octanol–water partition coefficient (Wildman–Crippen LogP) is 2.04. The van der Waals surface area contributed by atoms with Gasteiger partial charge in [0, 0.05) is 6.54 Å². The second kappa shape index (κ2) is 4.30. The second-order valence-corrected chi connectivity index (χ2v) is 6.58. The van der Waals surface area contributed by atoms with Crippen LogP contribution in [0.3, 0.4) is 0 Å². The van der Waals surface area contributed by atoms with E-state index in [1.54, 1.807) is 7.11 Å². The van der Waals surface area contributed by atoms with Gasteiger partial charge in [-0.3, -0.25) is 4.79 Å². The van der Waals surface area contributed by atoms with Crippen molar-refractivity contribution in [2.24, 2.45) is 17.1 Å². The SMILES string of the molecule is COc1c(NCC2(C3CC3)CC2)sc(C(N)=O)c1N. The van der Waals surface area contributed by atoms with E-state index >= 15 is 0 Å². The second-order valence-electron chi connectivity index (χ2n) is 5.56. The van der Waals surface area contributed by atoms with Crippen molar-refractivity contribution in [2.75, 3.05) is 24.7 Å². The summed E-state index contributed by atoms with van der Waals surface area (Å²) in [4.78, 5) is 11.7. The van der Waals surface area contributed by atoms with Gasteiger partial charge >= 0.3 is 0 Å². The summed E-state index contributed by atoms with van der Waals surface area (Å²) in [6.45, 7) is 0.937. The van der Waals surface area contributed by atoms with E-state index in [2.05, 4.69) is 5.32 Å². The lowest BCUT2D eigenvalue weighted by Gasteiger charge is -2.15. The van der Waals surface area contributed by atoms with Gasteiger partial charge in [-0.05, 0) is 37.0 Å². The molecule has 0 spiro atoms. The molecule has 0 atom stereocenters. The fourth-order valence-corrected chi connectivity index (χ4v) is 3.71. The number of carbonyl (C=O) groups excluding carboxylic acids is 1. The summed E-state index contributed by atoms with van der Waals surface area (Å²) in [5.74, 6) is 0.932. The molecule has 1 heterocycles. The summed E-state index contributed by atoms with van der Waals surface area (Å²) in [6.07, 6.45) is 5.32. The van der Waals surface area contributed by atoms with Gasteiger partial charge in [0.2, 0.25) is 0 Å². The number of primary amides is 1. The van der Waals surface area contributed by atoms with E-state index in [0.717, 1.165) is 17.5 Å². The van der Waals surface area contributed by atoms with Gasteiger partial charge < -0.3 is 21.5 Å². The van der Waals surface area contributed by atoms with E-state index in [1.165, 1.54) is 37.0 Å². The summed E-state index contributed by atoms with van der Waals surface area (Å²) in [5.41, 5.74) is 12.0. The molecule has 0 aromatic carbocycles. The Hall–Kier alpha value is -1.43. The van der Waals surface area contributed by atoms with Crippen LogP contribution < -0.4 is 21.5 Å². The first-order valence-electron chi connectivity index (χ1n) is 6.57. The van der Waals surface area contributed by atoms with Crippen LogP contribution in [0.15, 0.2) is 0 Å². The zero-order valence-electron chi connectivity index (χ0n) is 11.0. The molecule has 3 rings (SSSR count). The van der Waals surface area contributed by atoms with Gasteiger partial charge in [0.15, 0.2) is 5.75 Å². The van der Waals surface area contributed by atoms with Crippen molar-refractivity contribution in [3.63, 3.8) is 0 Å². The molecule has 0 aliphatic heterocycles. The normalized spacial score (nSPS) is 20.1. The minimum absolute atomic E-state index is 0.346. The number of carbonyl (C=O) groups is 1. The molecule has 2 aliphatic rings. The molecular weight excluding hydrogens is 262 g/mol. The molecule has 5 N–H and O–H groups in total.